The van der Waals surface area contributed by atoms with Crippen molar-refractivity contribution < 1.29 is 9.53 Å². The highest BCUT2D eigenvalue weighted by molar-refractivity contribution is 5.80. The molecule has 0 bridgehead atoms. The van der Waals surface area contributed by atoms with Gasteiger partial charge in [0.15, 0.2) is 5.96 Å². The van der Waals surface area contributed by atoms with E-state index < -0.39 is 11.7 Å². The number of nitrogens with zero attached hydrogens (tertiary/aromatic N) is 3. The van der Waals surface area contributed by atoms with Gasteiger partial charge in [0.25, 0.3) is 0 Å². The highest BCUT2D eigenvalue weighted by Crippen LogP contribution is 2.07. The summed E-state index contributed by atoms with van der Waals surface area (Å²) < 4.78 is 7.08. The maximum atomic E-state index is 11.9. The van der Waals surface area contributed by atoms with Gasteiger partial charge in [-0.05, 0) is 34.1 Å². The molecule has 0 aliphatic rings. The minimum absolute atomic E-state index is 0.0733. The van der Waals surface area contributed by atoms with E-state index in [1.54, 1.807) is 4.68 Å². The van der Waals surface area contributed by atoms with Crippen LogP contribution in [0.2, 0.25) is 0 Å². The highest BCUT2D eigenvalue weighted by atomic mass is 16.6. The predicted octanol–water partition coefficient (Wildman–Crippen LogP) is 2.56. The number of nitrogens with one attached hydrogen (secondary N) is 3. The number of alkyl carbamates (subject to hydrolysis) is 1. The van der Waals surface area contributed by atoms with Crippen LogP contribution < -0.4 is 16.0 Å². The summed E-state index contributed by atoms with van der Waals surface area (Å²) in [5.41, 5.74) is 0.544. The molecule has 154 valence electrons. The van der Waals surface area contributed by atoms with E-state index in [9.17, 15) is 4.79 Å². The van der Waals surface area contributed by atoms with Crippen molar-refractivity contribution in [1.29, 1.82) is 0 Å². The van der Waals surface area contributed by atoms with E-state index in [4.69, 9.17) is 4.74 Å². The van der Waals surface area contributed by atoms with Crippen LogP contribution in [-0.4, -0.2) is 46.6 Å². The number of carbonyl (C=O) groups is 1. The first-order chi connectivity index (χ1) is 12.7. The molecule has 1 heterocycles. The van der Waals surface area contributed by atoms with Crippen LogP contribution in [0.4, 0.5) is 4.79 Å². The van der Waals surface area contributed by atoms with Crippen molar-refractivity contribution in [3.8, 4) is 0 Å². The second-order valence-electron chi connectivity index (χ2n) is 7.58. The van der Waals surface area contributed by atoms with E-state index in [-0.39, 0.29) is 6.04 Å². The predicted molar refractivity (Wildman–Crippen MR) is 109 cm³/mol. The molecule has 0 aromatic carbocycles. The number of rotatable bonds is 9. The van der Waals surface area contributed by atoms with Crippen LogP contribution in [0.5, 0.6) is 0 Å². The molecule has 8 nitrogen and oxygen atoms in total. The van der Waals surface area contributed by atoms with Crippen molar-refractivity contribution >= 4 is 12.1 Å². The van der Waals surface area contributed by atoms with E-state index in [0.29, 0.717) is 13.1 Å². The van der Waals surface area contributed by atoms with E-state index in [1.165, 1.54) is 0 Å². The molecule has 8 heteroatoms. The third-order valence-electron chi connectivity index (χ3n) is 3.66. The van der Waals surface area contributed by atoms with Gasteiger partial charge in [-0.2, -0.15) is 5.10 Å². The van der Waals surface area contributed by atoms with E-state index in [2.05, 4.69) is 33.0 Å². The number of amides is 1. The normalized spacial score (nSPS) is 13.2. The Morgan fingerprint density at radius 3 is 2.63 bits per heavy atom. The Balaban J connectivity index is 2.67. The maximum absolute atomic E-state index is 11.9. The number of guanidine groups is 1. The van der Waals surface area contributed by atoms with Crippen LogP contribution in [0, 0.1) is 0 Å². The first-order valence-corrected chi connectivity index (χ1v) is 9.72. The lowest BCUT2D eigenvalue weighted by molar-refractivity contribution is 0.0523. The zero-order chi connectivity index (χ0) is 20.3. The van der Waals surface area contributed by atoms with Crippen LogP contribution in [0.1, 0.15) is 59.4 Å². The number of aliphatic imine (C=N–C) groups is 1. The lowest BCUT2D eigenvalue weighted by Crippen LogP contribution is -2.49. The van der Waals surface area contributed by atoms with Crippen LogP contribution >= 0.6 is 0 Å². The van der Waals surface area contributed by atoms with Gasteiger partial charge >= 0.3 is 6.09 Å². The van der Waals surface area contributed by atoms with Gasteiger partial charge in [-0.15, -0.1) is 0 Å². The Bertz CT molecular complexity index is 591. The Kier molecular flexibility index (Phi) is 9.67. The van der Waals surface area contributed by atoms with Crippen LogP contribution in [-0.2, 0) is 18.3 Å². The number of aryl methyl sites for hydroxylation is 1. The molecule has 0 fully saturated rings. The number of carbonyl (C=O) groups excluding carboxylic acids is 1. The van der Waals surface area contributed by atoms with Gasteiger partial charge in [-0.25, -0.2) is 9.79 Å². The van der Waals surface area contributed by atoms with Crippen molar-refractivity contribution in [2.24, 2.45) is 12.0 Å². The molecule has 1 aromatic rings. The Labute approximate surface area is 163 Å². The molecule has 27 heavy (non-hydrogen) atoms. The molecule has 0 aliphatic carbocycles. The van der Waals surface area contributed by atoms with Gasteiger partial charge < -0.3 is 20.7 Å². The highest BCUT2D eigenvalue weighted by Gasteiger charge is 2.18. The number of unbranched alkanes of at least 4 members (excludes halogenated alkanes) is 1. The van der Waals surface area contributed by atoms with Crippen molar-refractivity contribution in [2.75, 3.05) is 13.1 Å². The molecule has 0 spiro atoms. The Hall–Kier alpha value is -2.25. The summed E-state index contributed by atoms with van der Waals surface area (Å²) in [5.74, 6) is 0.730. The quantitative estimate of drug-likeness (QED) is 0.452. The molecule has 0 saturated carbocycles. The van der Waals surface area contributed by atoms with Gasteiger partial charge in [0.05, 0.1) is 12.7 Å². The fraction of sp³-hybridized carbons (Fsp3) is 0.737. The molecule has 1 rings (SSSR count). The van der Waals surface area contributed by atoms with Crippen LogP contribution in [0.3, 0.4) is 0 Å². The first-order valence-electron chi connectivity index (χ1n) is 9.72. The summed E-state index contributed by atoms with van der Waals surface area (Å²) in [6.07, 6.45) is 6.45. The largest absolute Gasteiger partial charge is 0.444 e. The van der Waals surface area contributed by atoms with Crippen molar-refractivity contribution in [1.82, 2.24) is 25.7 Å². The average Bonchev–Trinajstić information content (AvgIpc) is 2.99. The Morgan fingerprint density at radius 1 is 1.33 bits per heavy atom. The summed E-state index contributed by atoms with van der Waals surface area (Å²) in [6.45, 7) is 11.5. The lowest BCUT2D eigenvalue weighted by atomic mass is 10.1. The summed E-state index contributed by atoms with van der Waals surface area (Å²) in [6, 6.07) is 0.0733. The third kappa shape index (κ3) is 10.5. The van der Waals surface area contributed by atoms with Crippen LogP contribution in [0.25, 0.3) is 0 Å². The summed E-state index contributed by atoms with van der Waals surface area (Å²) in [4.78, 5) is 16.6. The van der Waals surface area contributed by atoms with Gasteiger partial charge in [0, 0.05) is 37.9 Å². The topological polar surface area (TPSA) is 92.6 Å². The number of ether oxygens (including phenoxy) is 1. The zero-order valence-corrected chi connectivity index (χ0v) is 17.6. The minimum Gasteiger partial charge on any atom is -0.444 e. The summed E-state index contributed by atoms with van der Waals surface area (Å²) >= 11 is 0. The van der Waals surface area contributed by atoms with Gasteiger partial charge in [0.2, 0.25) is 0 Å². The van der Waals surface area contributed by atoms with Gasteiger partial charge in [-0.1, -0.05) is 19.8 Å². The van der Waals surface area contributed by atoms with Crippen molar-refractivity contribution in [3.05, 3.63) is 18.0 Å². The molecule has 0 aliphatic heterocycles. The smallest absolute Gasteiger partial charge is 0.407 e. The monoisotopic (exact) mass is 380 g/mol. The van der Waals surface area contributed by atoms with E-state index >= 15 is 0 Å². The molecule has 1 aromatic heterocycles. The third-order valence-corrected chi connectivity index (χ3v) is 3.66. The molecule has 1 amide bonds. The fourth-order valence-corrected chi connectivity index (χ4v) is 2.43. The molecular weight excluding hydrogens is 344 g/mol. The van der Waals surface area contributed by atoms with Crippen molar-refractivity contribution in [3.63, 3.8) is 0 Å². The van der Waals surface area contributed by atoms with Gasteiger partial charge in [-0.3, -0.25) is 4.68 Å². The van der Waals surface area contributed by atoms with Crippen molar-refractivity contribution in [2.45, 2.75) is 72.1 Å². The summed E-state index contributed by atoms with van der Waals surface area (Å²) in [7, 11) is 1.89. The first kappa shape index (κ1) is 22.8. The Morgan fingerprint density at radius 2 is 2.07 bits per heavy atom. The van der Waals surface area contributed by atoms with Gasteiger partial charge in [0.1, 0.15) is 5.60 Å². The minimum atomic E-state index is -0.503. The number of aromatic nitrogens is 2. The SMILES string of the molecule is CCCCC(CNC(=O)OC(C)(C)C)NC(=NCc1cnn(C)c1)NCC. The second kappa shape index (κ2) is 11.5. The fourth-order valence-electron chi connectivity index (χ4n) is 2.43. The standard InChI is InChI=1S/C19H36N6O2/c1-7-9-10-16(13-22-18(26)27-19(3,4)5)24-17(20-8-2)21-11-15-12-23-25(6)14-15/h12,14,16H,7-11,13H2,1-6H3,(H,22,26)(H2,20,21,24). The molecule has 0 saturated heterocycles. The molecule has 0 radical (unpaired) electrons. The maximum Gasteiger partial charge on any atom is 0.407 e. The van der Waals surface area contributed by atoms with E-state index in [0.717, 1.165) is 37.3 Å². The summed E-state index contributed by atoms with van der Waals surface area (Å²) in [5, 5.41) is 13.7. The molecule has 3 N–H and O–H groups in total. The molecular formula is C19H36N6O2. The van der Waals surface area contributed by atoms with E-state index in [1.807, 2.05) is 47.1 Å². The average molecular weight is 381 g/mol. The lowest BCUT2D eigenvalue weighted by Gasteiger charge is -2.24. The zero-order valence-electron chi connectivity index (χ0n) is 17.6. The number of hydrogen-bond acceptors (Lipinski definition) is 4. The second-order valence-corrected chi connectivity index (χ2v) is 7.58. The number of hydrogen-bond donors (Lipinski definition) is 3. The molecule has 1 unspecified atom stereocenters. The van der Waals surface area contributed by atoms with Crippen LogP contribution in [0.15, 0.2) is 17.4 Å². The molecule has 1 atom stereocenters.